The fraction of sp³-hybridized carbons (Fsp3) is 0.391. The number of carbonyl (C=O) groups excluding carboxylic acids is 2. The minimum absolute atomic E-state index is 0. The summed E-state index contributed by atoms with van der Waals surface area (Å²) in [6.07, 6.45) is 2.72. The number of hydrogen-bond donors (Lipinski definition) is 2. The molecule has 154 valence electrons. The number of halogens is 1. The van der Waals surface area contributed by atoms with Gasteiger partial charge in [-0.3, -0.25) is 9.59 Å². The van der Waals surface area contributed by atoms with Crippen LogP contribution in [0.15, 0.2) is 54.6 Å². The number of rotatable bonds is 4. The number of nitrogens with zero attached hydrogens (tertiary/aromatic N) is 1. The summed E-state index contributed by atoms with van der Waals surface area (Å²) in [5.74, 6) is -0.0726. The first-order valence-corrected chi connectivity index (χ1v) is 10.2. The van der Waals surface area contributed by atoms with Crippen molar-refractivity contribution in [2.45, 2.75) is 25.3 Å². The number of piperidine rings is 1. The van der Waals surface area contributed by atoms with Crippen LogP contribution in [0.2, 0.25) is 0 Å². The van der Waals surface area contributed by atoms with Crippen molar-refractivity contribution in [3.05, 3.63) is 71.3 Å². The predicted molar refractivity (Wildman–Crippen MR) is 116 cm³/mol. The number of benzene rings is 2. The van der Waals surface area contributed by atoms with E-state index in [2.05, 4.69) is 34.9 Å². The third-order valence-electron chi connectivity index (χ3n) is 5.80. The molecule has 1 saturated heterocycles. The van der Waals surface area contributed by atoms with Crippen LogP contribution in [0.3, 0.4) is 0 Å². The summed E-state index contributed by atoms with van der Waals surface area (Å²) < 4.78 is 0. The minimum atomic E-state index is -0.139. The van der Waals surface area contributed by atoms with Crippen LogP contribution in [0, 0.1) is 5.92 Å². The van der Waals surface area contributed by atoms with Crippen molar-refractivity contribution < 1.29 is 9.59 Å². The minimum Gasteiger partial charge on any atom is -0.354 e. The van der Waals surface area contributed by atoms with E-state index in [0.717, 1.165) is 32.4 Å². The van der Waals surface area contributed by atoms with Gasteiger partial charge < -0.3 is 15.5 Å². The van der Waals surface area contributed by atoms with Crippen molar-refractivity contribution in [3.8, 4) is 0 Å². The Morgan fingerprint density at radius 1 is 1.07 bits per heavy atom. The molecule has 2 aromatic carbocycles. The highest BCUT2D eigenvalue weighted by atomic mass is 35.5. The van der Waals surface area contributed by atoms with E-state index in [1.54, 1.807) is 0 Å². The van der Waals surface area contributed by atoms with Crippen molar-refractivity contribution in [3.63, 3.8) is 0 Å². The first-order chi connectivity index (χ1) is 13.7. The molecule has 5 nitrogen and oxygen atoms in total. The Kier molecular flexibility index (Phi) is 7.29. The van der Waals surface area contributed by atoms with Crippen LogP contribution >= 0.6 is 12.4 Å². The molecule has 29 heavy (non-hydrogen) atoms. The third-order valence-corrected chi connectivity index (χ3v) is 5.80. The molecule has 1 fully saturated rings. The van der Waals surface area contributed by atoms with Gasteiger partial charge in [0, 0.05) is 31.2 Å². The topological polar surface area (TPSA) is 61.4 Å². The lowest BCUT2D eigenvalue weighted by Gasteiger charge is -2.33. The lowest BCUT2D eigenvalue weighted by molar-refractivity contribution is -0.126. The van der Waals surface area contributed by atoms with Crippen LogP contribution in [0.4, 0.5) is 0 Å². The maximum Gasteiger partial charge on any atom is 0.253 e. The lowest BCUT2D eigenvalue weighted by atomic mass is 9.93. The van der Waals surface area contributed by atoms with E-state index in [9.17, 15) is 9.59 Å². The SMILES string of the molecule is Cl.O=C(NCC1NCCc2ccccc21)C1CCCN(C(=O)c2ccccc2)C1. The molecule has 0 radical (unpaired) electrons. The maximum absolute atomic E-state index is 12.8. The summed E-state index contributed by atoms with van der Waals surface area (Å²) in [4.78, 5) is 27.3. The van der Waals surface area contributed by atoms with Gasteiger partial charge in [0.1, 0.15) is 0 Å². The second-order valence-electron chi connectivity index (χ2n) is 7.66. The normalized spacial score (nSPS) is 20.9. The third kappa shape index (κ3) is 4.98. The second kappa shape index (κ2) is 9.90. The zero-order valence-electron chi connectivity index (χ0n) is 16.5. The number of amides is 2. The molecule has 2 aromatic rings. The molecule has 2 amide bonds. The molecule has 2 heterocycles. The molecule has 2 aliphatic rings. The zero-order chi connectivity index (χ0) is 19.3. The van der Waals surface area contributed by atoms with Crippen molar-refractivity contribution in [1.82, 2.24) is 15.5 Å². The second-order valence-corrected chi connectivity index (χ2v) is 7.66. The molecule has 0 spiro atoms. The highest BCUT2D eigenvalue weighted by Crippen LogP contribution is 2.23. The first kappa shape index (κ1) is 21.3. The van der Waals surface area contributed by atoms with Gasteiger partial charge in [-0.05, 0) is 49.1 Å². The monoisotopic (exact) mass is 413 g/mol. The van der Waals surface area contributed by atoms with Gasteiger partial charge >= 0.3 is 0 Å². The first-order valence-electron chi connectivity index (χ1n) is 10.2. The summed E-state index contributed by atoms with van der Waals surface area (Å²) in [5.41, 5.74) is 3.32. The van der Waals surface area contributed by atoms with Crippen molar-refractivity contribution in [2.75, 3.05) is 26.2 Å². The van der Waals surface area contributed by atoms with Gasteiger partial charge in [0.25, 0.3) is 5.91 Å². The van der Waals surface area contributed by atoms with Crippen LogP contribution in [0.25, 0.3) is 0 Å². The molecule has 0 saturated carbocycles. The summed E-state index contributed by atoms with van der Waals surface area (Å²) in [6.45, 7) is 2.72. The maximum atomic E-state index is 12.8. The quantitative estimate of drug-likeness (QED) is 0.810. The Balaban J connectivity index is 0.00000240. The van der Waals surface area contributed by atoms with E-state index in [4.69, 9.17) is 0 Å². The molecule has 4 rings (SSSR count). The standard InChI is InChI=1S/C23H27N3O2.ClH/c27-22(25-15-21-20-11-5-4-7-17(20)12-13-24-21)19-10-6-14-26(16-19)23(28)18-8-2-1-3-9-18;/h1-5,7-9,11,19,21,24H,6,10,12-16H2,(H,25,27);1H. The summed E-state index contributed by atoms with van der Waals surface area (Å²) in [5, 5.41) is 6.63. The van der Waals surface area contributed by atoms with Gasteiger partial charge in [0.15, 0.2) is 0 Å². The number of hydrogen-bond acceptors (Lipinski definition) is 3. The lowest BCUT2D eigenvalue weighted by Crippen LogP contribution is -2.47. The Morgan fingerprint density at radius 2 is 1.83 bits per heavy atom. The summed E-state index contributed by atoms with van der Waals surface area (Å²) in [6, 6.07) is 17.9. The molecular formula is C23H28ClN3O2. The van der Waals surface area contributed by atoms with Crippen LogP contribution in [-0.4, -0.2) is 42.9 Å². The number of likely N-dealkylation sites (tertiary alicyclic amines) is 1. The smallest absolute Gasteiger partial charge is 0.253 e. The largest absolute Gasteiger partial charge is 0.354 e. The van der Waals surface area contributed by atoms with E-state index in [1.807, 2.05) is 35.2 Å². The Labute approximate surface area is 178 Å². The van der Waals surface area contributed by atoms with Gasteiger partial charge in [0.05, 0.1) is 5.92 Å². The van der Waals surface area contributed by atoms with Crippen LogP contribution in [0.1, 0.15) is 40.4 Å². The van der Waals surface area contributed by atoms with E-state index in [0.29, 0.717) is 18.7 Å². The number of carbonyl (C=O) groups is 2. The van der Waals surface area contributed by atoms with Crippen molar-refractivity contribution >= 4 is 24.2 Å². The molecule has 2 N–H and O–H groups in total. The molecule has 0 bridgehead atoms. The van der Waals surface area contributed by atoms with E-state index in [-0.39, 0.29) is 36.2 Å². The molecule has 2 atom stereocenters. The molecule has 0 aromatic heterocycles. The van der Waals surface area contributed by atoms with Gasteiger partial charge in [-0.1, -0.05) is 42.5 Å². The van der Waals surface area contributed by atoms with Gasteiger partial charge in [0.2, 0.25) is 5.91 Å². The van der Waals surface area contributed by atoms with Crippen LogP contribution < -0.4 is 10.6 Å². The Hall–Kier alpha value is -2.37. The number of nitrogens with one attached hydrogen (secondary N) is 2. The highest BCUT2D eigenvalue weighted by molar-refractivity contribution is 5.94. The average Bonchev–Trinajstić information content (AvgIpc) is 2.77. The van der Waals surface area contributed by atoms with Gasteiger partial charge in [-0.15, -0.1) is 12.4 Å². The summed E-state index contributed by atoms with van der Waals surface area (Å²) >= 11 is 0. The molecular weight excluding hydrogens is 386 g/mol. The van der Waals surface area contributed by atoms with Gasteiger partial charge in [-0.25, -0.2) is 0 Å². The fourth-order valence-corrected chi connectivity index (χ4v) is 4.26. The number of fused-ring (bicyclic) bond motifs is 1. The predicted octanol–water partition coefficient (Wildman–Crippen LogP) is 2.96. The Bertz CT molecular complexity index is 843. The Morgan fingerprint density at radius 3 is 2.66 bits per heavy atom. The zero-order valence-corrected chi connectivity index (χ0v) is 17.3. The van der Waals surface area contributed by atoms with Gasteiger partial charge in [-0.2, -0.15) is 0 Å². The molecule has 2 unspecified atom stereocenters. The van der Waals surface area contributed by atoms with E-state index >= 15 is 0 Å². The highest BCUT2D eigenvalue weighted by Gasteiger charge is 2.29. The van der Waals surface area contributed by atoms with Crippen LogP contribution in [-0.2, 0) is 11.2 Å². The van der Waals surface area contributed by atoms with Crippen molar-refractivity contribution in [2.24, 2.45) is 5.92 Å². The van der Waals surface area contributed by atoms with E-state index < -0.39 is 0 Å². The molecule has 6 heteroatoms. The van der Waals surface area contributed by atoms with Crippen LogP contribution in [0.5, 0.6) is 0 Å². The summed E-state index contributed by atoms with van der Waals surface area (Å²) in [7, 11) is 0. The van der Waals surface area contributed by atoms with E-state index in [1.165, 1.54) is 11.1 Å². The average molecular weight is 414 g/mol. The molecule has 2 aliphatic heterocycles. The fourth-order valence-electron chi connectivity index (χ4n) is 4.26. The molecule has 0 aliphatic carbocycles. The van der Waals surface area contributed by atoms with Crippen molar-refractivity contribution in [1.29, 1.82) is 0 Å².